The Morgan fingerprint density at radius 3 is 2.23 bits per heavy atom. The van der Waals surface area contributed by atoms with Crippen LogP contribution in [0.15, 0.2) is 144 Å². The fourth-order valence-electron chi connectivity index (χ4n) is 5.65. The predicted octanol–water partition coefficient (Wildman–Crippen LogP) is 9.32. The summed E-state index contributed by atoms with van der Waals surface area (Å²) in [7, 11) is 0. The number of fused-ring (bicyclic) bond motifs is 4. The summed E-state index contributed by atoms with van der Waals surface area (Å²) in [6, 6.07) is 46.1. The second-order valence-corrected chi connectivity index (χ2v) is 9.88. The Labute approximate surface area is 230 Å². The number of para-hydroxylation sites is 3. The van der Waals surface area contributed by atoms with Crippen LogP contribution in [0.1, 0.15) is 0 Å². The first-order chi connectivity index (χ1) is 19.8. The average molecular weight is 514 g/mol. The van der Waals surface area contributed by atoms with Crippen LogP contribution in [0.2, 0.25) is 0 Å². The maximum absolute atomic E-state index is 6.14. The van der Waals surface area contributed by atoms with Crippen LogP contribution in [-0.2, 0) is 0 Å². The molecule has 40 heavy (non-hydrogen) atoms. The lowest BCUT2D eigenvalue weighted by Crippen LogP contribution is -1.97. The van der Waals surface area contributed by atoms with Crippen LogP contribution in [-0.4, -0.2) is 14.5 Å². The molecule has 5 aromatic carbocycles. The van der Waals surface area contributed by atoms with Crippen molar-refractivity contribution >= 4 is 32.9 Å². The molecule has 0 fully saturated rings. The Morgan fingerprint density at radius 2 is 1.35 bits per heavy atom. The third kappa shape index (κ3) is 3.62. The second-order valence-electron chi connectivity index (χ2n) is 9.88. The van der Waals surface area contributed by atoms with E-state index in [1.54, 1.807) is 0 Å². The summed E-state index contributed by atoms with van der Waals surface area (Å²) in [5.74, 6) is 0.619. The molecular formula is C36H23N3O. The standard InChI is InChI=1S/C36H23N3O/c1-2-10-24(11-3-1)27-20-18-26(23-30(27)31-13-8-9-21-37-31)39-33-15-6-4-12-28(33)29-19-17-25(22-34(29)39)36-38-32-14-5-7-16-35(32)40-36/h1-23H. The van der Waals surface area contributed by atoms with Gasteiger partial charge in [-0.2, -0.15) is 0 Å². The number of rotatable bonds is 4. The highest BCUT2D eigenvalue weighted by Crippen LogP contribution is 2.38. The first kappa shape index (κ1) is 22.5. The summed E-state index contributed by atoms with van der Waals surface area (Å²) in [5, 5.41) is 2.38. The zero-order chi connectivity index (χ0) is 26.5. The Kier molecular flexibility index (Phi) is 5.10. The topological polar surface area (TPSA) is 43.9 Å². The monoisotopic (exact) mass is 513 g/mol. The molecule has 3 aromatic heterocycles. The Morgan fingerprint density at radius 1 is 0.550 bits per heavy atom. The van der Waals surface area contributed by atoms with Crippen molar-refractivity contribution in [3.05, 3.63) is 140 Å². The number of oxazole rings is 1. The van der Waals surface area contributed by atoms with Gasteiger partial charge in [0.1, 0.15) is 5.52 Å². The van der Waals surface area contributed by atoms with E-state index in [2.05, 4.69) is 95.6 Å². The van der Waals surface area contributed by atoms with Crippen molar-refractivity contribution in [1.82, 2.24) is 14.5 Å². The van der Waals surface area contributed by atoms with E-state index in [4.69, 9.17) is 14.4 Å². The molecule has 8 rings (SSSR count). The Hall–Kier alpha value is -5.48. The quantitative estimate of drug-likeness (QED) is 0.235. The number of benzene rings is 5. The van der Waals surface area contributed by atoms with Crippen molar-refractivity contribution in [2.24, 2.45) is 0 Å². The van der Waals surface area contributed by atoms with Crippen LogP contribution >= 0.6 is 0 Å². The highest BCUT2D eigenvalue weighted by molar-refractivity contribution is 6.10. The van der Waals surface area contributed by atoms with Crippen LogP contribution in [0.3, 0.4) is 0 Å². The van der Waals surface area contributed by atoms with Gasteiger partial charge < -0.3 is 8.98 Å². The minimum atomic E-state index is 0.619. The zero-order valence-corrected chi connectivity index (χ0v) is 21.5. The van der Waals surface area contributed by atoms with Crippen molar-refractivity contribution in [2.45, 2.75) is 0 Å². The van der Waals surface area contributed by atoms with Gasteiger partial charge in [-0.1, -0.05) is 78.9 Å². The van der Waals surface area contributed by atoms with Crippen LogP contribution < -0.4 is 0 Å². The normalized spacial score (nSPS) is 11.5. The molecule has 0 unspecified atom stereocenters. The number of nitrogens with zero attached hydrogens (tertiary/aromatic N) is 3. The molecule has 4 heteroatoms. The number of pyridine rings is 1. The van der Waals surface area contributed by atoms with Gasteiger partial charge in [0, 0.05) is 33.8 Å². The average Bonchev–Trinajstić information content (AvgIpc) is 3.61. The van der Waals surface area contributed by atoms with Gasteiger partial charge in [-0.25, -0.2) is 4.98 Å². The molecule has 0 aliphatic heterocycles. The third-order valence-corrected chi connectivity index (χ3v) is 7.50. The lowest BCUT2D eigenvalue weighted by Gasteiger charge is -2.14. The van der Waals surface area contributed by atoms with E-state index in [1.807, 2.05) is 48.7 Å². The van der Waals surface area contributed by atoms with Gasteiger partial charge in [0.25, 0.3) is 0 Å². The zero-order valence-electron chi connectivity index (χ0n) is 21.5. The van der Waals surface area contributed by atoms with E-state index in [-0.39, 0.29) is 0 Å². The minimum Gasteiger partial charge on any atom is -0.436 e. The fourth-order valence-corrected chi connectivity index (χ4v) is 5.65. The first-order valence-corrected chi connectivity index (χ1v) is 13.3. The summed E-state index contributed by atoms with van der Waals surface area (Å²) < 4.78 is 8.47. The molecule has 0 aliphatic carbocycles. The maximum atomic E-state index is 6.14. The highest BCUT2D eigenvalue weighted by Gasteiger charge is 2.17. The number of hydrogen-bond acceptors (Lipinski definition) is 3. The summed E-state index contributed by atoms with van der Waals surface area (Å²) in [4.78, 5) is 9.49. The Balaban J connectivity index is 1.39. The van der Waals surface area contributed by atoms with E-state index in [0.717, 1.165) is 55.8 Å². The van der Waals surface area contributed by atoms with E-state index in [1.165, 1.54) is 10.8 Å². The van der Waals surface area contributed by atoms with Gasteiger partial charge in [-0.3, -0.25) is 4.98 Å². The van der Waals surface area contributed by atoms with E-state index >= 15 is 0 Å². The molecule has 0 N–H and O–H groups in total. The molecular weight excluding hydrogens is 490 g/mol. The third-order valence-electron chi connectivity index (χ3n) is 7.50. The molecule has 0 atom stereocenters. The molecule has 0 amide bonds. The van der Waals surface area contributed by atoms with E-state index in [9.17, 15) is 0 Å². The highest BCUT2D eigenvalue weighted by atomic mass is 16.3. The van der Waals surface area contributed by atoms with Crippen LogP contribution in [0.5, 0.6) is 0 Å². The molecule has 4 nitrogen and oxygen atoms in total. The van der Waals surface area contributed by atoms with Crippen molar-refractivity contribution in [3.63, 3.8) is 0 Å². The smallest absolute Gasteiger partial charge is 0.227 e. The van der Waals surface area contributed by atoms with Gasteiger partial charge >= 0.3 is 0 Å². The summed E-state index contributed by atoms with van der Waals surface area (Å²) in [5.41, 5.74) is 10.2. The molecule has 0 saturated heterocycles. The molecule has 0 bridgehead atoms. The van der Waals surface area contributed by atoms with Crippen molar-refractivity contribution < 1.29 is 4.42 Å². The molecule has 0 radical (unpaired) electrons. The Bertz CT molecular complexity index is 2130. The minimum absolute atomic E-state index is 0.619. The summed E-state index contributed by atoms with van der Waals surface area (Å²) in [6.45, 7) is 0. The van der Waals surface area contributed by atoms with Crippen molar-refractivity contribution in [1.29, 1.82) is 0 Å². The predicted molar refractivity (Wildman–Crippen MR) is 162 cm³/mol. The van der Waals surface area contributed by atoms with Gasteiger partial charge in [-0.05, 0) is 65.7 Å². The SMILES string of the molecule is c1ccc(-c2ccc(-n3c4ccccc4c4ccc(-c5nc6ccccc6o5)cc43)cc2-c2ccccn2)cc1. The largest absolute Gasteiger partial charge is 0.436 e. The van der Waals surface area contributed by atoms with Crippen molar-refractivity contribution in [3.8, 4) is 39.5 Å². The number of aromatic nitrogens is 3. The van der Waals surface area contributed by atoms with E-state index < -0.39 is 0 Å². The van der Waals surface area contributed by atoms with Crippen molar-refractivity contribution in [2.75, 3.05) is 0 Å². The fraction of sp³-hybridized carbons (Fsp3) is 0. The lowest BCUT2D eigenvalue weighted by atomic mass is 9.96. The van der Waals surface area contributed by atoms with Gasteiger partial charge in [0.15, 0.2) is 5.58 Å². The van der Waals surface area contributed by atoms with Gasteiger partial charge in [-0.15, -0.1) is 0 Å². The van der Waals surface area contributed by atoms with Crippen LogP contribution in [0.25, 0.3) is 72.4 Å². The maximum Gasteiger partial charge on any atom is 0.227 e. The molecule has 188 valence electrons. The molecule has 0 aliphatic rings. The van der Waals surface area contributed by atoms with Crippen LogP contribution in [0, 0.1) is 0 Å². The molecule has 0 spiro atoms. The summed E-state index contributed by atoms with van der Waals surface area (Å²) >= 11 is 0. The number of hydrogen-bond donors (Lipinski definition) is 0. The summed E-state index contributed by atoms with van der Waals surface area (Å²) in [6.07, 6.45) is 1.85. The molecule has 3 heterocycles. The van der Waals surface area contributed by atoms with Crippen LogP contribution in [0.4, 0.5) is 0 Å². The van der Waals surface area contributed by atoms with Gasteiger partial charge in [0.2, 0.25) is 5.89 Å². The molecule has 8 aromatic rings. The van der Waals surface area contributed by atoms with Gasteiger partial charge in [0.05, 0.1) is 16.7 Å². The molecule has 0 saturated carbocycles. The van der Waals surface area contributed by atoms with E-state index in [0.29, 0.717) is 5.89 Å². The second kappa shape index (κ2) is 9.07. The first-order valence-electron chi connectivity index (χ1n) is 13.3. The lowest BCUT2D eigenvalue weighted by molar-refractivity contribution is 0.620.